The molecule has 7 nitrogen and oxygen atoms in total. The number of hydrogen-bond acceptors (Lipinski definition) is 5. The molecule has 7 heteroatoms. The van der Waals surface area contributed by atoms with Gasteiger partial charge in [0.05, 0.1) is 6.20 Å². The third kappa shape index (κ3) is 4.73. The minimum absolute atomic E-state index is 0.0934. The van der Waals surface area contributed by atoms with Crippen molar-refractivity contribution in [2.24, 2.45) is 0 Å². The molecule has 0 fully saturated rings. The minimum Gasteiger partial charge on any atom is -0.455 e. The maximum absolute atomic E-state index is 12.4. The molecule has 3 aromatic rings. The molecule has 0 bridgehead atoms. The topological polar surface area (TPSA) is 108 Å². The van der Waals surface area contributed by atoms with E-state index in [9.17, 15) is 9.59 Å². The summed E-state index contributed by atoms with van der Waals surface area (Å²) < 4.78 is 5.80. The van der Waals surface area contributed by atoms with Crippen molar-refractivity contribution in [2.45, 2.75) is 33.6 Å². The summed E-state index contributed by atoms with van der Waals surface area (Å²) in [7, 11) is 0. The summed E-state index contributed by atoms with van der Waals surface area (Å²) in [5.41, 5.74) is 3.36. The zero-order valence-electron chi connectivity index (χ0n) is 17.1. The Morgan fingerprint density at radius 1 is 1.27 bits per heavy atom. The molecule has 0 unspecified atom stereocenters. The highest BCUT2D eigenvalue weighted by atomic mass is 16.5. The van der Waals surface area contributed by atoms with Crippen LogP contribution in [0.15, 0.2) is 47.5 Å². The Bertz CT molecular complexity index is 1180. The van der Waals surface area contributed by atoms with Gasteiger partial charge in [-0.2, -0.15) is 5.26 Å². The molecule has 2 heterocycles. The monoisotopic (exact) mass is 402 g/mol. The molecule has 0 aliphatic carbocycles. The average Bonchev–Trinajstić information content (AvgIpc) is 2.71. The van der Waals surface area contributed by atoms with E-state index >= 15 is 0 Å². The highest BCUT2D eigenvalue weighted by Gasteiger charge is 2.14. The summed E-state index contributed by atoms with van der Waals surface area (Å²) in [5.74, 6) is 1.17. The van der Waals surface area contributed by atoms with Crippen molar-refractivity contribution in [3.05, 3.63) is 81.0 Å². The van der Waals surface area contributed by atoms with Gasteiger partial charge < -0.3 is 15.0 Å². The lowest BCUT2D eigenvalue weighted by molar-refractivity contribution is -0.116. The number of aromatic amines is 1. The van der Waals surface area contributed by atoms with Gasteiger partial charge in [-0.1, -0.05) is 0 Å². The number of rotatable bonds is 6. The lowest BCUT2D eigenvalue weighted by atomic mass is 9.99. The summed E-state index contributed by atoms with van der Waals surface area (Å²) >= 11 is 0. The summed E-state index contributed by atoms with van der Waals surface area (Å²) in [6, 6.07) is 11.0. The van der Waals surface area contributed by atoms with Gasteiger partial charge in [-0.3, -0.25) is 14.6 Å². The Hall–Kier alpha value is -3.92. The fraction of sp³-hybridized carbons (Fsp3) is 0.217. The van der Waals surface area contributed by atoms with Crippen LogP contribution in [-0.2, 0) is 11.2 Å². The normalized spacial score (nSPS) is 10.3. The molecule has 0 radical (unpaired) electrons. The second-order valence-corrected chi connectivity index (χ2v) is 6.99. The third-order valence-electron chi connectivity index (χ3n) is 4.84. The van der Waals surface area contributed by atoms with Gasteiger partial charge in [-0.05, 0) is 74.2 Å². The highest BCUT2D eigenvalue weighted by molar-refractivity contribution is 5.91. The molecule has 30 heavy (non-hydrogen) atoms. The standard InChI is InChI=1S/C23H22N4O3/c1-14-11-17(6-8-21(14)30-18-5-4-10-25-13-18)27-22(28)9-7-19-15(2)20(12-24)23(29)26-16(19)3/h4-6,8,10-11,13H,7,9H2,1-3H3,(H,26,29)(H,27,28). The maximum Gasteiger partial charge on any atom is 0.266 e. The number of carbonyl (C=O) groups is 1. The molecule has 0 saturated heterocycles. The Balaban J connectivity index is 1.65. The van der Waals surface area contributed by atoms with Gasteiger partial charge in [-0.15, -0.1) is 0 Å². The van der Waals surface area contributed by atoms with Crippen LogP contribution in [0.2, 0.25) is 0 Å². The molecule has 3 rings (SSSR count). The number of ether oxygens (including phenoxy) is 1. The van der Waals surface area contributed by atoms with E-state index in [0.29, 0.717) is 34.9 Å². The fourth-order valence-electron chi connectivity index (χ4n) is 3.26. The molecule has 0 aliphatic heterocycles. The predicted octanol–water partition coefficient (Wildman–Crippen LogP) is 3.93. The number of aromatic nitrogens is 2. The number of nitrogens with one attached hydrogen (secondary N) is 2. The molecule has 2 aromatic heterocycles. The van der Waals surface area contributed by atoms with Gasteiger partial charge in [0.25, 0.3) is 5.56 Å². The number of amides is 1. The van der Waals surface area contributed by atoms with Crippen molar-refractivity contribution in [1.29, 1.82) is 5.26 Å². The lowest BCUT2D eigenvalue weighted by Crippen LogP contribution is -2.18. The number of aryl methyl sites for hydroxylation is 2. The molecular formula is C23H22N4O3. The number of H-pyrrole nitrogens is 1. The van der Waals surface area contributed by atoms with Crippen molar-refractivity contribution in [3.63, 3.8) is 0 Å². The van der Waals surface area contributed by atoms with Crippen LogP contribution < -0.4 is 15.6 Å². The Labute approximate surface area is 174 Å². The van der Waals surface area contributed by atoms with E-state index in [4.69, 9.17) is 10.00 Å². The molecule has 0 atom stereocenters. The smallest absolute Gasteiger partial charge is 0.266 e. The number of nitriles is 1. The van der Waals surface area contributed by atoms with Crippen LogP contribution in [0, 0.1) is 32.1 Å². The van der Waals surface area contributed by atoms with Crippen LogP contribution in [0.4, 0.5) is 5.69 Å². The van der Waals surface area contributed by atoms with Gasteiger partial charge >= 0.3 is 0 Å². The number of carbonyl (C=O) groups excluding carboxylic acids is 1. The van der Waals surface area contributed by atoms with Gasteiger partial charge in [0.2, 0.25) is 5.91 Å². The Kier molecular flexibility index (Phi) is 6.28. The van der Waals surface area contributed by atoms with Gasteiger partial charge in [0.15, 0.2) is 0 Å². The van der Waals surface area contributed by atoms with Crippen LogP contribution in [0.25, 0.3) is 0 Å². The Morgan fingerprint density at radius 2 is 2.07 bits per heavy atom. The second kappa shape index (κ2) is 9.05. The molecule has 0 saturated carbocycles. The molecular weight excluding hydrogens is 380 g/mol. The first-order chi connectivity index (χ1) is 14.4. The van der Waals surface area contributed by atoms with Crippen LogP contribution >= 0.6 is 0 Å². The molecule has 152 valence electrons. The first kappa shape index (κ1) is 20.8. The molecule has 1 amide bonds. The summed E-state index contributed by atoms with van der Waals surface area (Å²) in [6.45, 7) is 5.41. The third-order valence-corrected chi connectivity index (χ3v) is 4.84. The van der Waals surface area contributed by atoms with Crippen LogP contribution in [0.1, 0.15) is 34.4 Å². The largest absolute Gasteiger partial charge is 0.455 e. The van der Waals surface area contributed by atoms with Crippen LogP contribution in [-0.4, -0.2) is 15.9 Å². The second-order valence-electron chi connectivity index (χ2n) is 6.99. The van der Waals surface area contributed by atoms with E-state index in [1.807, 2.05) is 25.1 Å². The van der Waals surface area contributed by atoms with Gasteiger partial charge in [0.1, 0.15) is 23.1 Å². The van der Waals surface area contributed by atoms with Crippen molar-refractivity contribution < 1.29 is 9.53 Å². The maximum atomic E-state index is 12.4. The average molecular weight is 402 g/mol. The first-order valence-electron chi connectivity index (χ1n) is 9.50. The van der Waals surface area contributed by atoms with Crippen molar-refractivity contribution in [1.82, 2.24) is 9.97 Å². The minimum atomic E-state index is -0.398. The Morgan fingerprint density at radius 3 is 2.73 bits per heavy atom. The van der Waals surface area contributed by atoms with E-state index in [-0.39, 0.29) is 17.9 Å². The highest BCUT2D eigenvalue weighted by Crippen LogP contribution is 2.27. The predicted molar refractivity (Wildman–Crippen MR) is 114 cm³/mol. The van der Waals surface area contributed by atoms with E-state index in [1.54, 1.807) is 44.4 Å². The van der Waals surface area contributed by atoms with E-state index in [1.165, 1.54) is 0 Å². The molecule has 1 aromatic carbocycles. The molecule has 0 aliphatic rings. The van der Waals surface area contributed by atoms with Crippen LogP contribution in [0.5, 0.6) is 11.5 Å². The number of anilines is 1. The zero-order valence-corrected chi connectivity index (χ0v) is 17.1. The number of pyridine rings is 2. The lowest BCUT2D eigenvalue weighted by Gasteiger charge is -2.12. The van der Waals surface area contributed by atoms with E-state index in [2.05, 4.69) is 15.3 Å². The van der Waals surface area contributed by atoms with Crippen molar-refractivity contribution in [3.8, 4) is 17.6 Å². The van der Waals surface area contributed by atoms with Gasteiger partial charge in [0, 0.05) is 24.0 Å². The molecule has 2 N–H and O–H groups in total. The quantitative estimate of drug-likeness (QED) is 0.649. The van der Waals surface area contributed by atoms with Crippen LogP contribution in [0.3, 0.4) is 0 Å². The van der Waals surface area contributed by atoms with E-state index in [0.717, 1.165) is 11.1 Å². The summed E-state index contributed by atoms with van der Waals surface area (Å²) in [4.78, 5) is 31.0. The van der Waals surface area contributed by atoms with Crippen molar-refractivity contribution in [2.75, 3.05) is 5.32 Å². The van der Waals surface area contributed by atoms with Crippen molar-refractivity contribution >= 4 is 11.6 Å². The zero-order chi connectivity index (χ0) is 21.7. The first-order valence-corrected chi connectivity index (χ1v) is 9.50. The van der Waals surface area contributed by atoms with E-state index < -0.39 is 5.56 Å². The summed E-state index contributed by atoms with van der Waals surface area (Å²) in [5, 5.41) is 12.0. The molecule has 0 spiro atoms. The fourth-order valence-corrected chi connectivity index (χ4v) is 3.26. The summed E-state index contributed by atoms with van der Waals surface area (Å²) in [6.07, 6.45) is 3.96. The number of nitrogens with zero attached hydrogens (tertiary/aromatic N) is 2. The number of benzene rings is 1. The number of hydrogen-bond donors (Lipinski definition) is 2. The van der Waals surface area contributed by atoms with Gasteiger partial charge in [-0.25, -0.2) is 0 Å². The SMILES string of the molecule is Cc1cc(NC(=O)CCc2c(C)[nH]c(=O)c(C#N)c2C)ccc1Oc1cccnc1.